The third kappa shape index (κ3) is 8.94. The van der Waals surface area contributed by atoms with E-state index in [0.29, 0.717) is 46.1 Å². The predicted octanol–water partition coefficient (Wildman–Crippen LogP) is 5.50. The molecule has 4 fully saturated rings. The monoisotopic (exact) mass is 883 g/mol. The van der Waals surface area contributed by atoms with Gasteiger partial charge in [-0.2, -0.15) is 4.98 Å². The molecule has 9 rings (SSSR count). The Kier molecular flexibility index (Phi) is 12.3. The summed E-state index contributed by atoms with van der Waals surface area (Å²) < 4.78 is 28.5. The van der Waals surface area contributed by atoms with Crippen molar-refractivity contribution in [2.45, 2.75) is 108 Å². The van der Waals surface area contributed by atoms with E-state index in [0.717, 1.165) is 87.4 Å². The number of likely N-dealkylation sites (N-methyl/N-ethyl adjacent to an activating group) is 1. The summed E-state index contributed by atoms with van der Waals surface area (Å²) in [4.78, 5) is 66.9. The number of likely N-dealkylation sites (tertiary alicyclic amines) is 1. The van der Waals surface area contributed by atoms with E-state index >= 15 is 4.39 Å². The number of nitrogens with one attached hydrogen (secondary N) is 3. The van der Waals surface area contributed by atoms with E-state index in [4.69, 9.17) is 26.1 Å². The molecule has 1 aliphatic carbocycles. The molecule has 3 saturated heterocycles. The summed E-state index contributed by atoms with van der Waals surface area (Å²) in [5.74, 6) is 0.210. The first-order valence-corrected chi connectivity index (χ1v) is 22.6. The molecular weight excluding hydrogens is 829 g/mol. The zero-order valence-corrected chi connectivity index (χ0v) is 36.8. The second-order valence-electron chi connectivity index (χ2n) is 17.8. The average molecular weight is 884 g/mol. The molecule has 2 aromatic carbocycles. The van der Waals surface area contributed by atoms with Crippen LogP contribution in [0, 0.1) is 5.82 Å². The van der Waals surface area contributed by atoms with Crippen LogP contribution in [0.5, 0.6) is 0 Å². The van der Waals surface area contributed by atoms with E-state index in [1.165, 1.54) is 4.90 Å². The molecule has 1 atom stereocenters. The van der Waals surface area contributed by atoms with Crippen LogP contribution in [-0.2, 0) is 30.4 Å². The van der Waals surface area contributed by atoms with Gasteiger partial charge in [0.05, 0.1) is 31.5 Å². The largest absolute Gasteiger partial charge is 0.486 e. The molecule has 1 aromatic heterocycles. The average Bonchev–Trinajstić information content (AvgIpc) is 3.60. The maximum absolute atomic E-state index is 16.0. The Balaban J connectivity index is 0.734. The molecule has 6 heterocycles. The Morgan fingerprint density at radius 2 is 1.78 bits per heavy atom. The second-order valence-corrected chi connectivity index (χ2v) is 18.2. The number of imide groups is 1. The van der Waals surface area contributed by atoms with Crippen LogP contribution in [0.25, 0.3) is 6.08 Å². The molecule has 3 aromatic rings. The number of piperidine rings is 3. The number of hydrogen-bond acceptors (Lipinski definition) is 12. The zero-order valence-electron chi connectivity index (χ0n) is 36.0. The van der Waals surface area contributed by atoms with Crippen molar-refractivity contribution < 1.29 is 33.0 Å². The van der Waals surface area contributed by atoms with Crippen molar-refractivity contribution >= 4 is 64.4 Å². The number of amides is 4. The molecule has 1 unspecified atom stereocenters. The van der Waals surface area contributed by atoms with Gasteiger partial charge < -0.3 is 39.7 Å². The number of aromatic nitrogens is 2. The Bertz CT molecular complexity index is 2310. The van der Waals surface area contributed by atoms with Crippen LogP contribution < -0.4 is 25.8 Å². The molecule has 0 radical (unpaired) electrons. The summed E-state index contributed by atoms with van der Waals surface area (Å²) in [5.41, 5.74) is 4.18. The molecule has 15 nitrogen and oxygen atoms in total. The maximum atomic E-state index is 16.0. The van der Waals surface area contributed by atoms with Crippen molar-refractivity contribution in [1.29, 1.82) is 0 Å². The van der Waals surface area contributed by atoms with Crippen LogP contribution in [0.2, 0.25) is 5.02 Å². The fraction of sp³-hybridized carbons (Fsp3) is 0.522. The van der Waals surface area contributed by atoms with Crippen molar-refractivity contribution in [1.82, 2.24) is 30.4 Å². The lowest BCUT2D eigenvalue weighted by molar-refractivity contribution is -0.137. The highest BCUT2D eigenvalue weighted by Gasteiger charge is 2.42. The van der Waals surface area contributed by atoms with Gasteiger partial charge in [-0.05, 0) is 114 Å². The van der Waals surface area contributed by atoms with Crippen LogP contribution in [-0.4, -0.2) is 120 Å². The Morgan fingerprint density at radius 1 is 1.00 bits per heavy atom. The fourth-order valence-corrected chi connectivity index (χ4v) is 10.1. The van der Waals surface area contributed by atoms with E-state index < -0.39 is 11.9 Å². The van der Waals surface area contributed by atoms with Crippen molar-refractivity contribution in [3.05, 3.63) is 75.4 Å². The summed E-state index contributed by atoms with van der Waals surface area (Å²) in [6.45, 7) is 8.14. The maximum Gasteiger partial charge on any atom is 0.257 e. The third-order valence-electron chi connectivity index (χ3n) is 13.6. The van der Waals surface area contributed by atoms with Gasteiger partial charge in [0.2, 0.25) is 17.8 Å². The first kappa shape index (κ1) is 43.0. The summed E-state index contributed by atoms with van der Waals surface area (Å²) >= 11 is 6.62. The lowest BCUT2D eigenvalue weighted by Crippen LogP contribution is -2.52. The highest BCUT2D eigenvalue weighted by molar-refractivity contribution is 6.33. The van der Waals surface area contributed by atoms with Gasteiger partial charge in [-0.1, -0.05) is 17.7 Å². The minimum atomic E-state index is -0.762. The van der Waals surface area contributed by atoms with E-state index in [2.05, 4.69) is 55.5 Å². The quantitative estimate of drug-likeness (QED) is 0.196. The van der Waals surface area contributed by atoms with E-state index in [9.17, 15) is 19.2 Å². The standard InChI is InChI=1S/C46H55ClFN9O6/c1-26(2)56-23-33(62-25-41(59)49-3)19-28-18-29(4-7-38(28)56)51-43-37(47)22-50-46(53-43)55-16-12-31(13-17-55)63-32-20-30(21-32)54-14-10-27(11-15-54)34-5-6-35-36(42(34)48)24-57(45(35)61)39-8-9-40(58)52-44(39)60/h4-7,18-19,22,26-27,30-32,39H,8-17,20-21,23-25H2,1-3H3,(H,49,59)(H,50,51,53)(H,52,58,60)/t30-,32-,39?. The first-order chi connectivity index (χ1) is 30.4. The highest BCUT2D eigenvalue weighted by Crippen LogP contribution is 2.40. The number of ether oxygens (including phenoxy) is 2. The van der Waals surface area contributed by atoms with Gasteiger partial charge in [-0.15, -0.1) is 0 Å². The van der Waals surface area contributed by atoms with Crippen LogP contribution in [0.15, 0.2) is 42.3 Å². The molecule has 3 N–H and O–H groups in total. The number of nitrogens with zero attached hydrogens (tertiary/aromatic N) is 6. The molecular formula is C46H55ClFN9O6. The molecule has 6 aliphatic rings. The summed E-state index contributed by atoms with van der Waals surface area (Å²) in [6.07, 6.45) is 9.82. The van der Waals surface area contributed by atoms with Gasteiger partial charge in [0, 0.05) is 66.7 Å². The van der Waals surface area contributed by atoms with Gasteiger partial charge in [0.25, 0.3) is 11.8 Å². The van der Waals surface area contributed by atoms with Gasteiger partial charge in [0.15, 0.2) is 12.4 Å². The normalized spacial score (nSPS) is 23.3. The lowest BCUT2D eigenvalue weighted by atomic mass is 9.83. The van der Waals surface area contributed by atoms with Crippen LogP contribution in [0.4, 0.5) is 27.5 Å². The fourth-order valence-electron chi connectivity index (χ4n) is 9.92. The van der Waals surface area contributed by atoms with Crippen LogP contribution in [0.1, 0.15) is 98.2 Å². The molecule has 5 aliphatic heterocycles. The second kappa shape index (κ2) is 18.0. The first-order valence-electron chi connectivity index (χ1n) is 22.3. The minimum absolute atomic E-state index is 0.0411. The van der Waals surface area contributed by atoms with Crippen LogP contribution in [0.3, 0.4) is 0 Å². The van der Waals surface area contributed by atoms with Crippen molar-refractivity contribution in [3.8, 4) is 0 Å². The highest BCUT2D eigenvalue weighted by atomic mass is 35.5. The molecule has 0 spiro atoms. The topological polar surface area (TPSA) is 162 Å². The van der Waals surface area contributed by atoms with E-state index in [1.54, 1.807) is 25.4 Å². The van der Waals surface area contributed by atoms with Gasteiger partial charge in [-0.25, -0.2) is 9.37 Å². The van der Waals surface area contributed by atoms with E-state index in [1.807, 2.05) is 18.2 Å². The Hall–Kier alpha value is -5.32. The molecule has 0 bridgehead atoms. The zero-order chi connectivity index (χ0) is 43.9. The van der Waals surface area contributed by atoms with Crippen molar-refractivity contribution in [2.24, 2.45) is 0 Å². The predicted molar refractivity (Wildman–Crippen MR) is 236 cm³/mol. The Labute approximate surface area is 371 Å². The van der Waals surface area contributed by atoms with Gasteiger partial charge in [0.1, 0.15) is 22.6 Å². The van der Waals surface area contributed by atoms with Crippen molar-refractivity contribution in [3.63, 3.8) is 0 Å². The number of hydrogen-bond donors (Lipinski definition) is 3. The number of halogens is 2. The SMILES string of the molecule is CNC(=O)COC1=Cc2cc(Nc3nc(N4CCC(O[C@H]5C[C@H](N6CCC(c7ccc8c(c7F)CN(C7CCC(=O)NC7=O)C8=O)CC6)C5)CC4)ncc3Cl)ccc2N(C(C)C)C1. The molecule has 1 saturated carbocycles. The molecule has 4 amide bonds. The molecule has 63 heavy (non-hydrogen) atoms. The van der Waals surface area contributed by atoms with Gasteiger partial charge >= 0.3 is 0 Å². The number of fused-ring (bicyclic) bond motifs is 2. The minimum Gasteiger partial charge on any atom is -0.486 e. The third-order valence-corrected chi connectivity index (χ3v) is 13.9. The number of carbonyl (C=O) groups is 4. The summed E-state index contributed by atoms with van der Waals surface area (Å²) in [5, 5.41) is 8.72. The number of rotatable bonds is 12. The number of carbonyl (C=O) groups excluding carboxylic acids is 4. The summed E-state index contributed by atoms with van der Waals surface area (Å²) in [6, 6.07) is 9.51. The van der Waals surface area contributed by atoms with Crippen LogP contribution >= 0.6 is 11.6 Å². The lowest BCUT2D eigenvalue weighted by Gasteiger charge is -2.47. The smallest absolute Gasteiger partial charge is 0.257 e. The van der Waals surface area contributed by atoms with Crippen molar-refractivity contribution in [2.75, 3.05) is 61.5 Å². The molecule has 334 valence electrons. The number of benzene rings is 2. The summed E-state index contributed by atoms with van der Waals surface area (Å²) in [7, 11) is 1.59. The number of anilines is 4. The molecule has 17 heteroatoms. The van der Waals surface area contributed by atoms with E-state index in [-0.39, 0.29) is 73.7 Å². The van der Waals surface area contributed by atoms with Gasteiger partial charge in [-0.3, -0.25) is 24.5 Å². The Morgan fingerprint density at radius 3 is 2.51 bits per heavy atom.